The molecule has 2 aliphatic heterocycles. The van der Waals surface area contributed by atoms with Gasteiger partial charge in [0.25, 0.3) is 0 Å². The molecule has 2 fully saturated rings. The number of hydrogen-bond acceptors (Lipinski definition) is 6. The summed E-state index contributed by atoms with van der Waals surface area (Å²) >= 11 is 3.00. The Bertz CT molecular complexity index is 1260. The Balaban J connectivity index is 0.000000232. The van der Waals surface area contributed by atoms with Crippen LogP contribution in [0.15, 0.2) is 59.1 Å². The maximum atomic E-state index is 13.5. The third kappa shape index (κ3) is 13.6. The minimum absolute atomic E-state index is 0. The number of aliphatic hydroxyl groups excluding tert-OH is 1. The molecule has 2 saturated heterocycles. The van der Waals surface area contributed by atoms with Crippen molar-refractivity contribution in [2.75, 3.05) is 52.6 Å². The van der Waals surface area contributed by atoms with Crippen molar-refractivity contribution in [2.45, 2.75) is 33.0 Å². The first kappa shape index (κ1) is 37.7. The first-order chi connectivity index (χ1) is 20.3. The van der Waals surface area contributed by atoms with Crippen molar-refractivity contribution < 1.29 is 65.3 Å². The molecular weight excluding hydrogens is 702 g/mol. The average molecular weight is 739 g/mol. The van der Waals surface area contributed by atoms with Gasteiger partial charge in [-0.1, -0.05) is 19.1 Å². The largest absolute Gasteiger partial charge is 0.392 e. The fraction of sp³-hybridized carbons (Fsp3) is 0.406. The van der Waals surface area contributed by atoms with Gasteiger partial charge in [0.1, 0.15) is 11.6 Å². The van der Waals surface area contributed by atoms with Crippen molar-refractivity contribution in [3.8, 4) is 0 Å². The summed E-state index contributed by atoms with van der Waals surface area (Å²) in [5.74, 6) is -1.17. The second kappa shape index (κ2) is 20.5. The van der Waals surface area contributed by atoms with Gasteiger partial charge >= 0.3 is 0 Å². The number of halogens is 4. The second-order valence-corrected chi connectivity index (χ2v) is 10.7. The van der Waals surface area contributed by atoms with Crippen LogP contribution in [0.1, 0.15) is 40.4 Å². The van der Waals surface area contributed by atoms with E-state index in [0.29, 0.717) is 16.5 Å². The van der Waals surface area contributed by atoms with E-state index in [0.717, 1.165) is 76.8 Å². The third-order valence-corrected chi connectivity index (χ3v) is 7.29. The van der Waals surface area contributed by atoms with Crippen LogP contribution in [0.2, 0.25) is 0 Å². The predicted molar refractivity (Wildman–Crippen MR) is 158 cm³/mol. The van der Waals surface area contributed by atoms with Crippen molar-refractivity contribution in [1.29, 1.82) is 0 Å². The molecule has 3 aromatic rings. The zero-order valence-electron chi connectivity index (χ0n) is 24.3. The van der Waals surface area contributed by atoms with Crippen molar-refractivity contribution >= 4 is 21.7 Å². The van der Waals surface area contributed by atoms with Crippen molar-refractivity contribution in [3.63, 3.8) is 0 Å². The minimum Gasteiger partial charge on any atom is -0.392 e. The number of carbonyl (C=O) groups is 1. The molecule has 6 nitrogen and oxygen atoms in total. The van der Waals surface area contributed by atoms with Crippen LogP contribution in [0.5, 0.6) is 0 Å². The van der Waals surface area contributed by atoms with E-state index in [1.54, 1.807) is 43.3 Å². The first-order valence-corrected chi connectivity index (χ1v) is 14.7. The molecule has 43 heavy (non-hydrogen) atoms. The Labute approximate surface area is 285 Å². The van der Waals surface area contributed by atoms with Crippen LogP contribution in [-0.4, -0.2) is 73.3 Å². The fourth-order valence-corrected chi connectivity index (χ4v) is 4.71. The average Bonchev–Trinajstić information content (AvgIpc) is 3.02. The molecule has 1 N–H and O–H groups in total. The van der Waals surface area contributed by atoms with Crippen LogP contribution >= 0.6 is 15.9 Å². The standard InChI is InChI=1S/C14H18FNO2.C11H13FNO.C7H6BrFO.Y/c1-2-14(17)12-9-11(3-4-13(12)15)10-16-5-7-18-8-6-16;12-11-3-1-10(2-4-11)9-13-5-7-14-8-6-13;8-6-3-5(4-10)1-2-7(6)9;/h3-4,9H,2,5-8,10H2,1H3;1-3H,5-9H2;1-3,10H,4H2;/q;-1;;. The summed E-state index contributed by atoms with van der Waals surface area (Å²) in [4.78, 5) is 16.1. The molecule has 0 spiro atoms. The molecule has 0 aliphatic carbocycles. The summed E-state index contributed by atoms with van der Waals surface area (Å²) in [6.45, 7) is 10.0. The number of nitrogens with zero attached hydrogens (tertiary/aromatic N) is 2. The minimum atomic E-state index is -0.424. The number of hydrogen-bond donors (Lipinski definition) is 1. The molecule has 11 heteroatoms. The number of aliphatic hydroxyl groups is 1. The number of Topliss-reactive ketones (excluding diaryl/α,β-unsaturated/α-hetero) is 1. The molecule has 2 heterocycles. The van der Waals surface area contributed by atoms with Crippen LogP contribution in [0.25, 0.3) is 0 Å². The number of morpholine rings is 2. The maximum Gasteiger partial charge on any atom is 0.165 e. The van der Waals surface area contributed by atoms with Gasteiger partial charge in [-0.3, -0.25) is 9.69 Å². The van der Waals surface area contributed by atoms with Gasteiger partial charge < -0.3 is 19.5 Å². The number of rotatable bonds is 7. The van der Waals surface area contributed by atoms with E-state index in [1.807, 2.05) is 0 Å². The summed E-state index contributed by atoms with van der Waals surface area (Å²) in [5, 5.41) is 8.61. The van der Waals surface area contributed by atoms with E-state index < -0.39 is 5.82 Å². The van der Waals surface area contributed by atoms with Crippen molar-refractivity contribution in [3.05, 3.63) is 105 Å². The van der Waals surface area contributed by atoms with Gasteiger partial charge in [0.2, 0.25) is 0 Å². The molecule has 0 atom stereocenters. The smallest absolute Gasteiger partial charge is 0.165 e. The normalized spacial score (nSPS) is 15.3. The SMILES string of the molecule is CCC(=O)c1cc(CN2CCOCC2)ccc1F.Fc1[c-]cc(CN2CCOCC2)cc1.OCc1ccc(F)c(Br)c1.[Y]. The van der Waals surface area contributed by atoms with Crippen LogP contribution < -0.4 is 0 Å². The Morgan fingerprint density at radius 2 is 1.37 bits per heavy atom. The van der Waals surface area contributed by atoms with E-state index >= 15 is 0 Å². The van der Waals surface area contributed by atoms with Gasteiger partial charge in [-0.15, -0.1) is 17.7 Å². The number of ketones is 1. The van der Waals surface area contributed by atoms with Gasteiger partial charge in [0.05, 0.1) is 43.1 Å². The molecule has 0 saturated carbocycles. The second-order valence-electron chi connectivity index (χ2n) is 9.82. The van der Waals surface area contributed by atoms with Gasteiger partial charge in [0.15, 0.2) is 5.78 Å². The van der Waals surface area contributed by atoms with Crippen LogP contribution in [0.3, 0.4) is 0 Å². The van der Waals surface area contributed by atoms with Gasteiger partial charge in [-0.25, -0.2) is 13.2 Å². The van der Waals surface area contributed by atoms with E-state index in [-0.39, 0.29) is 62.3 Å². The molecular formula is C32H37BrF3N2O4Y-. The monoisotopic (exact) mass is 738 g/mol. The van der Waals surface area contributed by atoms with Crippen LogP contribution in [-0.2, 0) is 61.9 Å². The number of ether oxygens (including phenoxy) is 2. The van der Waals surface area contributed by atoms with Gasteiger partial charge in [-0.2, -0.15) is 12.1 Å². The Hall–Kier alpha value is -1.50. The zero-order chi connectivity index (χ0) is 30.3. The maximum absolute atomic E-state index is 13.5. The molecule has 0 amide bonds. The van der Waals surface area contributed by atoms with E-state index in [2.05, 4.69) is 31.8 Å². The van der Waals surface area contributed by atoms with Crippen LogP contribution in [0, 0.1) is 23.5 Å². The summed E-state index contributed by atoms with van der Waals surface area (Å²) in [6.07, 6.45) is 0.331. The molecule has 0 bridgehead atoms. The predicted octanol–water partition coefficient (Wildman–Crippen LogP) is 5.79. The number of benzene rings is 3. The quantitative estimate of drug-likeness (QED) is 0.245. The van der Waals surface area contributed by atoms with Crippen molar-refractivity contribution in [1.82, 2.24) is 9.80 Å². The molecule has 5 rings (SSSR count). The Morgan fingerprint density at radius 3 is 1.88 bits per heavy atom. The van der Waals surface area contributed by atoms with E-state index in [9.17, 15) is 18.0 Å². The molecule has 0 aromatic heterocycles. The fourth-order valence-electron chi connectivity index (χ4n) is 4.28. The first-order valence-electron chi connectivity index (χ1n) is 13.9. The number of carbonyl (C=O) groups excluding carboxylic acids is 1. The zero-order valence-corrected chi connectivity index (χ0v) is 28.8. The van der Waals surface area contributed by atoms with E-state index in [1.165, 1.54) is 18.2 Å². The summed E-state index contributed by atoms with van der Waals surface area (Å²) in [5.41, 5.74) is 3.00. The van der Waals surface area contributed by atoms with E-state index in [4.69, 9.17) is 14.6 Å². The Kier molecular flexibility index (Phi) is 18.0. The van der Waals surface area contributed by atoms with Crippen LogP contribution in [0.4, 0.5) is 13.2 Å². The summed E-state index contributed by atoms with van der Waals surface area (Å²) in [6, 6.07) is 16.8. The van der Waals surface area contributed by atoms with Gasteiger partial charge in [-0.05, 0) is 57.9 Å². The summed E-state index contributed by atoms with van der Waals surface area (Å²) in [7, 11) is 0. The molecule has 1 radical (unpaired) electrons. The third-order valence-electron chi connectivity index (χ3n) is 6.68. The summed E-state index contributed by atoms with van der Waals surface area (Å²) < 4.78 is 49.5. The van der Waals surface area contributed by atoms with Gasteiger partial charge in [0, 0.05) is 77.7 Å². The topological polar surface area (TPSA) is 62.2 Å². The Morgan fingerprint density at radius 1 is 0.837 bits per heavy atom. The molecule has 3 aromatic carbocycles. The molecule has 0 unspecified atom stereocenters. The molecule has 231 valence electrons. The molecule has 2 aliphatic rings. The van der Waals surface area contributed by atoms with Crippen molar-refractivity contribution in [2.24, 2.45) is 0 Å².